The summed E-state index contributed by atoms with van der Waals surface area (Å²) in [6.07, 6.45) is 3.31. The molecule has 1 aromatic rings. The molecule has 1 aliphatic carbocycles. The van der Waals surface area contributed by atoms with Crippen LogP contribution in [-0.4, -0.2) is 54.8 Å². The van der Waals surface area contributed by atoms with E-state index in [1.165, 1.54) is 5.57 Å². The number of likely N-dealkylation sites (tertiary alicyclic amines) is 1. The number of rotatable bonds is 9. The Labute approximate surface area is 169 Å². The van der Waals surface area contributed by atoms with Gasteiger partial charge in [-0.1, -0.05) is 24.6 Å². The summed E-state index contributed by atoms with van der Waals surface area (Å²) in [5.74, 6) is -3.28. The second kappa shape index (κ2) is 9.20. The summed E-state index contributed by atoms with van der Waals surface area (Å²) in [5, 5.41) is 9.17. The molecule has 2 atom stereocenters. The van der Waals surface area contributed by atoms with Gasteiger partial charge in [0, 0.05) is 19.5 Å². The summed E-state index contributed by atoms with van der Waals surface area (Å²) >= 11 is 0. The van der Waals surface area contributed by atoms with Crippen LogP contribution in [0.1, 0.15) is 37.3 Å². The van der Waals surface area contributed by atoms with Crippen LogP contribution in [-0.2, 0) is 11.2 Å². The molecule has 3 rings (SSSR count). The van der Waals surface area contributed by atoms with Crippen LogP contribution in [0.3, 0.4) is 0 Å². The van der Waals surface area contributed by atoms with Crippen LogP contribution in [0.15, 0.2) is 23.8 Å². The molecule has 1 heterocycles. The zero-order valence-electron chi connectivity index (χ0n) is 16.7. The Morgan fingerprint density at radius 2 is 2.17 bits per heavy atom. The van der Waals surface area contributed by atoms with Gasteiger partial charge in [0.15, 0.2) is 6.67 Å². The number of benzene rings is 1. The first-order valence-electron chi connectivity index (χ1n) is 10.1. The van der Waals surface area contributed by atoms with Crippen molar-refractivity contribution in [1.29, 1.82) is 0 Å². The summed E-state index contributed by atoms with van der Waals surface area (Å²) < 4.78 is 43.6. The maximum atomic E-state index is 12.9. The maximum absolute atomic E-state index is 12.9. The normalized spacial score (nSPS) is 22.3. The maximum Gasteiger partial charge on any atom is 0.307 e. The average Bonchev–Trinajstić information content (AvgIpc) is 3.15. The number of aliphatic carboxylic acids is 1. The Bertz CT molecular complexity index is 766. The zero-order valence-corrected chi connectivity index (χ0v) is 16.7. The summed E-state index contributed by atoms with van der Waals surface area (Å²) in [4.78, 5) is 13.4. The molecule has 1 aliphatic heterocycles. The first kappa shape index (κ1) is 21.7. The smallest absolute Gasteiger partial charge is 0.307 e. The van der Waals surface area contributed by atoms with Crippen molar-refractivity contribution in [3.63, 3.8) is 0 Å². The van der Waals surface area contributed by atoms with Gasteiger partial charge in [0.05, 0.1) is 12.5 Å². The van der Waals surface area contributed by atoms with Crippen molar-refractivity contribution < 1.29 is 27.8 Å². The first-order valence-corrected chi connectivity index (χ1v) is 10.1. The van der Waals surface area contributed by atoms with E-state index in [0.29, 0.717) is 24.6 Å². The Kier molecular flexibility index (Phi) is 6.88. The molecule has 0 saturated carbocycles. The molecule has 29 heavy (non-hydrogen) atoms. The molecule has 1 saturated heterocycles. The van der Waals surface area contributed by atoms with Gasteiger partial charge >= 0.3 is 5.97 Å². The highest BCUT2D eigenvalue weighted by Crippen LogP contribution is 2.32. The van der Waals surface area contributed by atoms with Crippen LogP contribution in [0.5, 0.6) is 5.75 Å². The lowest BCUT2D eigenvalue weighted by Crippen LogP contribution is -2.28. The van der Waals surface area contributed by atoms with Gasteiger partial charge in [-0.15, -0.1) is 0 Å². The van der Waals surface area contributed by atoms with Gasteiger partial charge in [0.2, 0.25) is 0 Å². The fourth-order valence-corrected chi connectivity index (χ4v) is 4.02. The van der Waals surface area contributed by atoms with Gasteiger partial charge in [-0.05, 0) is 55.0 Å². The van der Waals surface area contributed by atoms with Crippen molar-refractivity contribution in [3.05, 3.63) is 34.9 Å². The minimum atomic E-state index is -3.27. The minimum Gasteiger partial charge on any atom is -0.494 e. The quantitative estimate of drug-likeness (QED) is 0.611. The number of hydrogen-bond donors (Lipinski definition) is 1. The van der Waals surface area contributed by atoms with Gasteiger partial charge in [-0.25, -0.2) is 13.2 Å². The fourth-order valence-electron chi connectivity index (χ4n) is 4.02. The van der Waals surface area contributed by atoms with E-state index in [2.05, 4.69) is 17.9 Å². The third kappa shape index (κ3) is 5.75. The summed E-state index contributed by atoms with van der Waals surface area (Å²) in [5.41, 5.74) is 3.56. The summed E-state index contributed by atoms with van der Waals surface area (Å²) in [6, 6.07) is 5.74. The van der Waals surface area contributed by atoms with Crippen molar-refractivity contribution in [2.45, 2.75) is 38.5 Å². The molecule has 4 nitrogen and oxygen atoms in total. The number of alkyl halides is 3. The zero-order chi connectivity index (χ0) is 21.0. The highest BCUT2D eigenvalue weighted by Gasteiger charge is 2.30. The summed E-state index contributed by atoms with van der Waals surface area (Å²) in [7, 11) is 0. The van der Waals surface area contributed by atoms with Crippen molar-refractivity contribution in [2.24, 2.45) is 11.8 Å². The van der Waals surface area contributed by atoms with E-state index >= 15 is 0 Å². The van der Waals surface area contributed by atoms with Crippen LogP contribution < -0.4 is 4.74 Å². The molecule has 0 radical (unpaired) electrons. The fraction of sp³-hybridized carbons (Fsp3) is 0.591. The molecule has 0 unspecified atom stereocenters. The highest BCUT2D eigenvalue weighted by molar-refractivity contribution is 5.70. The van der Waals surface area contributed by atoms with E-state index in [1.807, 2.05) is 18.2 Å². The Morgan fingerprint density at radius 3 is 2.86 bits per heavy atom. The number of halogens is 3. The number of carbonyl (C=O) groups is 1. The number of fused-ring (bicyclic) bond motifs is 1. The monoisotopic (exact) mass is 411 g/mol. The number of carboxylic acid groups (broad SMARTS) is 1. The van der Waals surface area contributed by atoms with Crippen LogP contribution in [0, 0.1) is 11.8 Å². The second-order valence-electron chi connectivity index (χ2n) is 8.19. The predicted molar refractivity (Wildman–Crippen MR) is 105 cm³/mol. The van der Waals surface area contributed by atoms with Gasteiger partial charge in [-0.3, -0.25) is 9.69 Å². The van der Waals surface area contributed by atoms with Gasteiger partial charge in [0.1, 0.15) is 5.75 Å². The minimum absolute atomic E-state index is 0.0988. The van der Waals surface area contributed by atoms with Gasteiger partial charge in [-0.2, -0.15) is 0 Å². The lowest BCUT2D eigenvalue weighted by molar-refractivity contribution is -0.141. The molecular formula is C22H28F3NO3. The lowest BCUT2D eigenvalue weighted by atomic mass is 9.84. The standard InChI is InChI=1S/C22H28F3NO3/c1-15-9-18-11-20(29-8-2-6-22(24,25)14-23)4-3-16(18)10-19(15)13-26-7-5-17(12-26)21(27)28/h3-4,10-11,15,17H,2,5-9,12-14H2,1H3,(H,27,28)/t15-,17-/m1/s1. The number of ether oxygens (including phenoxy) is 1. The van der Waals surface area contributed by atoms with Crippen molar-refractivity contribution in [3.8, 4) is 5.75 Å². The van der Waals surface area contributed by atoms with Crippen molar-refractivity contribution in [2.75, 3.05) is 32.9 Å². The van der Waals surface area contributed by atoms with E-state index in [1.54, 1.807) is 0 Å². The molecule has 0 aromatic heterocycles. The van der Waals surface area contributed by atoms with Crippen LogP contribution >= 0.6 is 0 Å². The molecule has 0 spiro atoms. The van der Waals surface area contributed by atoms with E-state index < -0.39 is 25.0 Å². The molecule has 0 bridgehead atoms. The van der Waals surface area contributed by atoms with E-state index in [4.69, 9.17) is 9.84 Å². The molecule has 1 N–H and O–H groups in total. The first-order chi connectivity index (χ1) is 13.8. The van der Waals surface area contributed by atoms with E-state index in [-0.39, 0.29) is 18.9 Å². The predicted octanol–water partition coefficient (Wildman–Crippen LogP) is 4.43. The Morgan fingerprint density at radius 1 is 1.38 bits per heavy atom. The number of hydrogen-bond acceptors (Lipinski definition) is 3. The molecule has 1 fully saturated rings. The topological polar surface area (TPSA) is 49.8 Å². The van der Waals surface area contributed by atoms with Crippen LogP contribution in [0.25, 0.3) is 6.08 Å². The number of carboxylic acids is 1. The largest absolute Gasteiger partial charge is 0.494 e. The average molecular weight is 411 g/mol. The second-order valence-corrected chi connectivity index (χ2v) is 8.19. The third-order valence-corrected chi connectivity index (χ3v) is 5.79. The molecule has 160 valence electrons. The van der Waals surface area contributed by atoms with E-state index in [0.717, 1.165) is 30.6 Å². The Balaban J connectivity index is 1.57. The SMILES string of the molecule is C[C@@H]1Cc2cc(OCCCC(F)(F)CF)ccc2C=C1CN1CC[C@@H](C(=O)O)C1. The molecule has 7 heteroatoms. The summed E-state index contributed by atoms with van der Waals surface area (Å²) in [6.45, 7) is 2.84. The van der Waals surface area contributed by atoms with E-state index in [9.17, 15) is 18.0 Å². The molecule has 2 aliphatic rings. The molecular weight excluding hydrogens is 383 g/mol. The highest BCUT2D eigenvalue weighted by atomic mass is 19.3. The molecule has 0 amide bonds. The van der Waals surface area contributed by atoms with Crippen LogP contribution in [0.4, 0.5) is 13.2 Å². The van der Waals surface area contributed by atoms with Crippen LogP contribution in [0.2, 0.25) is 0 Å². The van der Waals surface area contributed by atoms with Gasteiger partial charge in [0.25, 0.3) is 5.92 Å². The Hall–Kier alpha value is -2.02. The van der Waals surface area contributed by atoms with Crippen molar-refractivity contribution in [1.82, 2.24) is 4.90 Å². The van der Waals surface area contributed by atoms with Crippen molar-refractivity contribution >= 4 is 12.0 Å². The molecule has 1 aromatic carbocycles. The lowest BCUT2D eigenvalue weighted by Gasteiger charge is -2.27. The van der Waals surface area contributed by atoms with Gasteiger partial charge < -0.3 is 9.84 Å². The third-order valence-electron chi connectivity index (χ3n) is 5.79. The number of nitrogens with zero attached hydrogens (tertiary/aromatic N) is 1.